The number of hydrogen-bond acceptors (Lipinski definition) is 6. The Labute approximate surface area is 198 Å². The van der Waals surface area contributed by atoms with E-state index in [9.17, 15) is 9.59 Å². The first-order valence-electron chi connectivity index (χ1n) is 9.70. The molecule has 1 N–H and O–H groups in total. The van der Waals surface area contributed by atoms with Crippen molar-refractivity contribution in [2.75, 3.05) is 33.2 Å². The molecule has 166 valence electrons. The molecule has 1 aromatic heterocycles. The lowest BCUT2D eigenvalue weighted by atomic mass is 10.0. The number of benzene rings is 2. The SMILES string of the molecule is COc1cc(C(=O)N2CC(=O)Nc3ccc(Br)cc3C2c2cccs2)cc(OC)c1OC. The van der Waals surface area contributed by atoms with E-state index in [1.54, 1.807) is 17.0 Å². The van der Waals surface area contributed by atoms with E-state index in [2.05, 4.69) is 21.2 Å². The number of carbonyl (C=O) groups is 2. The van der Waals surface area contributed by atoms with Crippen LogP contribution in [0, 0.1) is 0 Å². The summed E-state index contributed by atoms with van der Waals surface area (Å²) in [5, 5.41) is 4.88. The average Bonchev–Trinajstić information content (AvgIpc) is 3.28. The molecule has 7 nitrogen and oxygen atoms in total. The minimum absolute atomic E-state index is 0.107. The number of nitrogens with one attached hydrogen (secondary N) is 1. The lowest BCUT2D eigenvalue weighted by Gasteiger charge is -2.30. The van der Waals surface area contributed by atoms with Crippen molar-refractivity contribution < 1.29 is 23.8 Å². The third-order valence-electron chi connectivity index (χ3n) is 5.19. The molecule has 0 saturated heterocycles. The van der Waals surface area contributed by atoms with Crippen molar-refractivity contribution in [2.24, 2.45) is 0 Å². The number of fused-ring (bicyclic) bond motifs is 1. The number of carbonyl (C=O) groups excluding carboxylic acids is 2. The maximum atomic E-state index is 13.8. The van der Waals surface area contributed by atoms with Crippen LogP contribution in [0.25, 0.3) is 0 Å². The summed E-state index contributed by atoms with van der Waals surface area (Å²) in [6.45, 7) is -0.107. The zero-order valence-electron chi connectivity index (χ0n) is 17.7. The quantitative estimate of drug-likeness (QED) is 0.530. The third kappa shape index (κ3) is 4.05. The molecule has 0 saturated carbocycles. The van der Waals surface area contributed by atoms with Gasteiger partial charge in [-0.1, -0.05) is 22.0 Å². The number of hydrogen-bond donors (Lipinski definition) is 1. The molecule has 9 heteroatoms. The summed E-state index contributed by atoms with van der Waals surface area (Å²) in [5.74, 6) is 0.527. The van der Waals surface area contributed by atoms with Crippen LogP contribution in [0.2, 0.25) is 0 Å². The monoisotopic (exact) mass is 516 g/mol. The van der Waals surface area contributed by atoms with Crippen molar-refractivity contribution in [3.05, 3.63) is 68.3 Å². The maximum absolute atomic E-state index is 13.8. The molecule has 0 aliphatic carbocycles. The molecule has 1 atom stereocenters. The van der Waals surface area contributed by atoms with Gasteiger partial charge < -0.3 is 24.4 Å². The van der Waals surface area contributed by atoms with Crippen LogP contribution in [-0.4, -0.2) is 44.6 Å². The van der Waals surface area contributed by atoms with Crippen LogP contribution in [0.4, 0.5) is 5.69 Å². The molecule has 1 unspecified atom stereocenters. The molecular formula is C23H21BrN2O5S. The topological polar surface area (TPSA) is 77.1 Å². The second-order valence-corrected chi connectivity index (χ2v) is 8.94. The molecule has 1 aliphatic rings. The first-order valence-corrected chi connectivity index (χ1v) is 11.4. The minimum Gasteiger partial charge on any atom is -0.493 e. The van der Waals surface area contributed by atoms with Gasteiger partial charge in [0.1, 0.15) is 6.54 Å². The number of halogens is 1. The van der Waals surface area contributed by atoms with Crippen LogP contribution in [-0.2, 0) is 4.79 Å². The lowest BCUT2D eigenvalue weighted by Crippen LogP contribution is -2.38. The third-order valence-corrected chi connectivity index (χ3v) is 6.61. The zero-order chi connectivity index (χ0) is 22.8. The van der Waals surface area contributed by atoms with Crippen LogP contribution in [0.1, 0.15) is 26.8 Å². The Morgan fingerprint density at radius 2 is 1.81 bits per heavy atom. The Bertz CT molecular complexity index is 1140. The fourth-order valence-electron chi connectivity index (χ4n) is 3.79. The fraction of sp³-hybridized carbons (Fsp3) is 0.217. The molecule has 2 aromatic carbocycles. The van der Waals surface area contributed by atoms with E-state index in [1.807, 2.05) is 35.7 Å². The van der Waals surface area contributed by atoms with E-state index in [4.69, 9.17) is 14.2 Å². The van der Waals surface area contributed by atoms with E-state index in [0.29, 0.717) is 28.5 Å². The van der Waals surface area contributed by atoms with E-state index in [0.717, 1.165) is 14.9 Å². The van der Waals surface area contributed by atoms with Gasteiger partial charge in [-0.15, -0.1) is 11.3 Å². The number of ether oxygens (including phenoxy) is 3. The van der Waals surface area contributed by atoms with Gasteiger partial charge in [-0.3, -0.25) is 9.59 Å². The van der Waals surface area contributed by atoms with Gasteiger partial charge in [0.15, 0.2) is 11.5 Å². The highest BCUT2D eigenvalue weighted by Gasteiger charge is 2.35. The molecule has 1 aliphatic heterocycles. The van der Waals surface area contributed by atoms with Gasteiger partial charge in [-0.25, -0.2) is 0 Å². The van der Waals surface area contributed by atoms with Gasteiger partial charge in [0.25, 0.3) is 5.91 Å². The smallest absolute Gasteiger partial charge is 0.255 e. The van der Waals surface area contributed by atoms with Gasteiger partial charge in [-0.05, 0) is 41.8 Å². The van der Waals surface area contributed by atoms with Crippen molar-refractivity contribution in [1.29, 1.82) is 0 Å². The highest BCUT2D eigenvalue weighted by molar-refractivity contribution is 9.10. The lowest BCUT2D eigenvalue weighted by molar-refractivity contribution is -0.117. The highest BCUT2D eigenvalue weighted by atomic mass is 79.9. The van der Waals surface area contributed by atoms with E-state index in [-0.39, 0.29) is 18.4 Å². The van der Waals surface area contributed by atoms with Crippen molar-refractivity contribution in [3.63, 3.8) is 0 Å². The predicted molar refractivity (Wildman–Crippen MR) is 126 cm³/mol. The highest BCUT2D eigenvalue weighted by Crippen LogP contribution is 2.42. The van der Waals surface area contributed by atoms with Crippen LogP contribution >= 0.6 is 27.3 Å². The second-order valence-electron chi connectivity index (χ2n) is 7.04. The van der Waals surface area contributed by atoms with E-state index in [1.165, 1.54) is 32.7 Å². The van der Waals surface area contributed by atoms with E-state index < -0.39 is 6.04 Å². The number of nitrogens with zero attached hydrogens (tertiary/aromatic N) is 1. The Morgan fingerprint density at radius 1 is 1.09 bits per heavy atom. The Morgan fingerprint density at radius 3 is 2.41 bits per heavy atom. The molecular weight excluding hydrogens is 496 g/mol. The number of methoxy groups -OCH3 is 3. The standard InChI is InChI=1S/C23H21BrN2O5S/c1-29-17-9-13(10-18(30-2)22(17)31-3)23(28)26-12-20(27)25-16-7-6-14(24)11-15(16)21(26)19-5-4-8-32-19/h4-11,21H,12H2,1-3H3,(H,25,27). The van der Waals surface area contributed by atoms with Gasteiger partial charge in [0.05, 0.1) is 27.4 Å². The van der Waals surface area contributed by atoms with Crippen molar-refractivity contribution in [2.45, 2.75) is 6.04 Å². The summed E-state index contributed by atoms with van der Waals surface area (Å²) in [7, 11) is 4.49. The summed E-state index contributed by atoms with van der Waals surface area (Å²) in [4.78, 5) is 29.1. The molecule has 0 spiro atoms. The second kappa shape index (κ2) is 9.22. The molecule has 0 fully saturated rings. The van der Waals surface area contributed by atoms with Gasteiger partial charge >= 0.3 is 0 Å². The van der Waals surface area contributed by atoms with Crippen LogP contribution in [0.5, 0.6) is 17.2 Å². The number of thiophene rings is 1. The van der Waals surface area contributed by atoms with Crippen molar-refractivity contribution in [3.8, 4) is 17.2 Å². The summed E-state index contributed by atoms with van der Waals surface area (Å²) in [6.07, 6.45) is 0. The number of anilines is 1. The Kier molecular flexibility index (Phi) is 6.38. The summed E-state index contributed by atoms with van der Waals surface area (Å²) >= 11 is 5.05. The predicted octanol–water partition coefficient (Wildman–Crippen LogP) is 4.72. The maximum Gasteiger partial charge on any atom is 0.255 e. The number of amides is 2. The molecule has 4 rings (SSSR count). The molecule has 0 bridgehead atoms. The average molecular weight is 517 g/mol. The summed E-state index contributed by atoms with van der Waals surface area (Å²) in [5.41, 5.74) is 1.83. The van der Waals surface area contributed by atoms with Crippen molar-refractivity contribution in [1.82, 2.24) is 4.90 Å². The normalized spacial score (nSPS) is 15.4. The Balaban J connectivity index is 1.87. The zero-order valence-corrected chi connectivity index (χ0v) is 20.1. The minimum atomic E-state index is -0.451. The molecule has 0 radical (unpaired) electrons. The van der Waals surface area contributed by atoms with Gasteiger partial charge in [-0.2, -0.15) is 0 Å². The van der Waals surface area contributed by atoms with Crippen LogP contribution in [0.3, 0.4) is 0 Å². The largest absolute Gasteiger partial charge is 0.493 e. The summed E-state index contributed by atoms with van der Waals surface area (Å²) < 4.78 is 17.1. The van der Waals surface area contributed by atoms with Crippen LogP contribution in [0.15, 0.2) is 52.3 Å². The fourth-order valence-corrected chi connectivity index (χ4v) is 5.02. The molecule has 2 heterocycles. The van der Waals surface area contributed by atoms with Gasteiger partial charge in [0.2, 0.25) is 11.7 Å². The molecule has 2 amide bonds. The van der Waals surface area contributed by atoms with Crippen molar-refractivity contribution >= 4 is 44.8 Å². The molecule has 3 aromatic rings. The van der Waals surface area contributed by atoms with Crippen LogP contribution < -0.4 is 19.5 Å². The van der Waals surface area contributed by atoms with Gasteiger partial charge in [0, 0.05) is 26.2 Å². The van der Waals surface area contributed by atoms with E-state index >= 15 is 0 Å². The summed E-state index contributed by atoms with van der Waals surface area (Å²) in [6, 6.07) is 12.3. The first-order chi connectivity index (χ1) is 15.5. The first kappa shape index (κ1) is 22.2. The number of rotatable bonds is 5. The molecule has 32 heavy (non-hydrogen) atoms. The Hall–Kier alpha value is -3.04.